The van der Waals surface area contributed by atoms with Crippen LogP contribution in [0.15, 0.2) is 77.9 Å². The molecule has 0 unspecified atom stereocenters. The van der Waals surface area contributed by atoms with Crippen molar-refractivity contribution in [2.75, 3.05) is 11.6 Å². The maximum atomic E-state index is 13.5. The highest BCUT2D eigenvalue weighted by molar-refractivity contribution is 6.13. The molecular formula is C28H26N2O2. The monoisotopic (exact) mass is 422 g/mol. The first-order valence-electron chi connectivity index (χ1n) is 11.1. The molecule has 1 N–H and O–H groups in total. The molecule has 0 radical (unpaired) electrons. The van der Waals surface area contributed by atoms with Gasteiger partial charge in [-0.15, -0.1) is 0 Å². The van der Waals surface area contributed by atoms with Gasteiger partial charge in [0, 0.05) is 29.2 Å². The highest BCUT2D eigenvalue weighted by Gasteiger charge is 2.36. The number of benzene rings is 3. The second-order valence-corrected chi connectivity index (χ2v) is 8.53. The molecule has 0 spiro atoms. The first kappa shape index (κ1) is 20.4. The van der Waals surface area contributed by atoms with E-state index in [9.17, 15) is 9.90 Å². The maximum absolute atomic E-state index is 13.5. The highest BCUT2D eigenvalue weighted by atomic mass is 16.3. The van der Waals surface area contributed by atoms with Gasteiger partial charge in [0.05, 0.1) is 17.5 Å². The van der Waals surface area contributed by atoms with Gasteiger partial charge in [-0.25, -0.2) is 0 Å². The summed E-state index contributed by atoms with van der Waals surface area (Å²) in [4.78, 5) is 13.5. The number of aliphatic hydroxyl groups excluding tert-OH is 1. The SMILES string of the molecule is CCN1N=C(c2ccc(C)cc2)[C@H]2C=C[C@H](O)c3c(C(=O)c4ccc(C)cc4)ccc1c32. The number of nitrogens with zero attached hydrogens (tertiary/aromatic N) is 2. The van der Waals surface area contributed by atoms with Crippen LogP contribution in [0.25, 0.3) is 0 Å². The van der Waals surface area contributed by atoms with Gasteiger partial charge in [-0.3, -0.25) is 9.80 Å². The normalized spacial score (nSPS) is 18.9. The molecule has 1 aliphatic carbocycles. The first-order valence-corrected chi connectivity index (χ1v) is 11.1. The number of carbonyl (C=O) groups is 1. The van der Waals surface area contributed by atoms with Crippen molar-refractivity contribution >= 4 is 17.2 Å². The van der Waals surface area contributed by atoms with E-state index in [4.69, 9.17) is 5.10 Å². The number of rotatable bonds is 4. The smallest absolute Gasteiger partial charge is 0.193 e. The molecule has 3 aromatic rings. The number of hydrogen-bond acceptors (Lipinski definition) is 4. The largest absolute Gasteiger partial charge is 0.384 e. The third-order valence-electron chi connectivity index (χ3n) is 6.36. The molecule has 0 fully saturated rings. The molecule has 2 aliphatic rings. The highest BCUT2D eigenvalue weighted by Crippen LogP contribution is 2.45. The zero-order valence-electron chi connectivity index (χ0n) is 18.5. The summed E-state index contributed by atoms with van der Waals surface area (Å²) < 4.78 is 0. The molecule has 2 atom stereocenters. The molecule has 0 amide bonds. The van der Waals surface area contributed by atoms with E-state index in [0.717, 1.165) is 28.1 Å². The fraction of sp³-hybridized carbons (Fsp3) is 0.214. The predicted octanol–water partition coefficient (Wildman–Crippen LogP) is 5.47. The summed E-state index contributed by atoms with van der Waals surface area (Å²) in [6, 6.07) is 19.7. The summed E-state index contributed by atoms with van der Waals surface area (Å²) in [5, 5.41) is 17.9. The quantitative estimate of drug-likeness (QED) is 0.448. The summed E-state index contributed by atoms with van der Waals surface area (Å²) in [6.45, 7) is 6.82. The average Bonchev–Trinajstić information content (AvgIpc) is 2.81. The number of hydrogen-bond donors (Lipinski definition) is 1. The number of aliphatic hydroxyl groups is 1. The molecule has 1 heterocycles. The summed E-state index contributed by atoms with van der Waals surface area (Å²) in [7, 11) is 0. The van der Waals surface area contributed by atoms with Gasteiger partial charge in [0.1, 0.15) is 0 Å². The van der Waals surface area contributed by atoms with E-state index in [1.54, 1.807) is 6.08 Å². The van der Waals surface area contributed by atoms with Gasteiger partial charge in [-0.05, 0) is 44.0 Å². The fourth-order valence-electron chi connectivity index (χ4n) is 4.64. The van der Waals surface area contributed by atoms with Gasteiger partial charge in [0.2, 0.25) is 0 Å². The second kappa shape index (κ2) is 7.88. The number of aryl methyl sites for hydroxylation is 2. The Hall–Kier alpha value is -3.50. The first-order chi connectivity index (χ1) is 15.5. The lowest BCUT2D eigenvalue weighted by atomic mass is 9.76. The molecule has 160 valence electrons. The Bertz CT molecular complexity index is 1250. The van der Waals surface area contributed by atoms with Crippen molar-refractivity contribution in [2.24, 2.45) is 5.10 Å². The van der Waals surface area contributed by atoms with Gasteiger partial charge >= 0.3 is 0 Å². The minimum absolute atomic E-state index is 0.0710. The van der Waals surface area contributed by atoms with Crippen LogP contribution in [-0.4, -0.2) is 23.1 Å². The zero-order chi connectivity index (χ0) is 22.4. The van der Waals surface area contributed by atoms with E-state index in [1.807, 2.05) is 54.4 Å². The molecule has 0 saturated carbocycles. The summed E-state index contributed by atoms with van der Waals surface area (Å²) in [5.41, 5.74) is 8.08. The Morgan fingerprint density at radius 1 is 0.906 bits per heavy atom. The Labute approximate surface area is 188 Å². The maximum Gasteiger partial charge on any atom is 0.193 e. The molecule has 3 aromatic carbocycles. The van der Waals surface area contributed by atoms with Crippen LogP contribution in [0.4, 0.5) is 5.69 Å². The van der Waals surface area contributed by atoms with E-state index < -0.39 is 6.10 Å². The Morgan fingerprint density at radius 2 is 1.56 bits per heavy atom. The Balaban J connectivity index is 1.69. The Kier molecular flexibility index (Phi) is 5.03. The van der Waals surface area contributed by atoms with E-state index in [1.165, 1.54) is 5.56 Å². The van der Waals surface area contributed by atoms with Crippen LogP contribution in [0.5, 0.6) is 0 Å². The van der Waals surface area contributed by atoms with Gasteiger partial charge in [0.25, 0.3) is 0 Å². The van der Waals surface area contributed by atoms with Crippen LogP contribution < -0.4 is 5.01 Å². The lowest BCUT2D eigenvalue weighted by molar-refractivity contribution is 0.103. The third-order valence-corrected chi connectivity index (χ3v) is 6.36. The summed E-state index contributed by atoms with van der Waals surface area (Å²) >= 11 is 0. The number of carbonyl (C=O) groups excluding carboxylic acids is 1. The van der Waals surface area contributed by atoms with E-state index in [2.05, 4.69) is 38.1 Å². The number of anilines is 1. The van der Waals surface area contributed by atoms with E-state index in [0.29, 0.717) is 23.2 Å². The summed E-state index contributed by atoms with van der Waals surface area (Å²) in [5.74, 6) is -0.182. The average molecular weight is 423 g/mol. The number of hydrazone groups is 1. The fourth-order valence-corrected chi connectivity index (χ4v) is 4.64. The number of ketones is 1. The predicted molar refractivity (Wildman–Crippen MR) is 129 cm³/mol. The molecule has 4 nitrogen and oxygen atoms in total. The van der Waals surface area contributed by atoms with Crippen molar-refractivity contribution in [1.82, 2.24) is 0 Å². The van der Waals surface area contributed by atoms with Gasteiger partial charge in [-0.2, -0.15) is 5.10 Å². The zero-order valence-corrected chi connectivity index (χ0v) is 18.5. The third kappa shape index (κ3) is 3.28. The molecule has 0 saturated heterocycles. The molecule has 0 bridgehead atoms. The molecule has 5 rings (SSSR count). The van der Waals surface area contributed by atoms with Crippen LogP contribution in [0.1, 0.15) is 62.7 Å². The lowest BCUT2D eigenvalue weighted by Crippen LogP contribution is -2.32. The van der Waals surface area contributed by atoms with Gasteiger partial charge < -0.3 is 5.11 Å². The molecular weight excluding hydrogens is 396 g/mol. The molecule has 4 heteroatoms. The van der Waals surface area contributed by atoms with Crippen molar-refractivity contribution in [3.05, 3.63) is 112 Å². The van der Waals surface area contributed by atoms with Gasteiger partial charge in [-0.1, -0.05) is 71.8 Å². The minimum atomic E-state index is -0.832. The van der Waals surface area contributed by atoms with Crippen LogP contribution in [0, 0.1) is 13.8 Å². The summed E-state index contributed by atoms with van der Waals surface area (Å²) in [6.07, 6.45) is 2.97. The van der Waals surface area contributed by atoms with E-state index >= 15 is 0 Å². The molecule has 0 aromatic heterocycles. The molecule has 1 aliphatic heterocycles. The van der Waals surface area contributed by atoms with Crippen LogP contribution in [0.2, 0.25) is 0 Å². The van der Waals surface area contributed by atoms with Crippen LogP contribution in [-0.2, 0) is 0 Å². The Morgan fingerprint density at radius 3 is 2.22 bits per heavy atom. The standard InChI is InChI=1S/C28H26N2O2/c1-4-30-23-15-13-22(28(32)20-11-7-18(3)8-12-20)26-24(31)16-14-21(25(23)26)27(29-30)19-9-5-17(2)6-10-19/h5-16,21,24,31H,4H2,1-3H3/t21-,24-/m0/s1. The lowest BCUT2D eigenvalue weighted by Gasteiger charge is -2.36. The molecule has 32 heavy (non-hydrogen) atoms. The number of allylic oxidation sites excluding steroid dienone is 1. The van der Waals surface area contributed by atoms with Crippen molar-refractivity contribution in [3.8, 4) is 0 Å². The minimum Gasteiger partial charge on any atom is -0.384 e. The van der Waals surface area contributed by atoms with Crippen molar-refractivity contribution in [3.63, 3.8) is 0 Å². The van der Waals surface area contributed by atoms with E-state index in [-0.39, 0.29) is 11.7 Å². The topological polar surface area (TPSA) is 52.9 Å². The van der Waals surface area contributed by atoms with Gasteiger partial charge in [0.15, 0.2) is 5.78 Å². The van der Waals surface area contributed by atoms with Crippen LogP contribution in [0.3, 0.4) is 0 Å². The second-order valence-electron chi connectivity index (χ2n) is 8.53. The van der Waals surface area contributed by atoms with Crippen molar-refractivity contribution in [2.45, 2.75) is 32.8 Å². The van der Waals surface area contributed by atoms with Crippen LogP contribution >= 0.6 is 0 Å². The van der Waals surface area contributed by atoms with Crippen molar-refractivity contribution < 1.29 is 9.90 Å². The van der Waals surface area contributed by atoms with Crippen molar-refractivity contribution in [1.29, 1.82) is 0 Å².